The van der Waals surface area contributed by atoms with E-state index in [0.717, 1.165) is 5.56 Å². The van der Waals surface area contributed by atoms with E-state index in [0.29, 0.717) is 40.6 Å². The van der Waals surface area contributed by atoms with Crippen LogP contribution < -0.4 is 10.1 Å². The Morgan fingerprint density at radius 2 is 1.95 bits per heavy atom. The summed E-state index contributed by atoms with van der Waals surface area (Å²) in [6, 6.07) is 21.3. The smallest absolute Gasteiger partial charge is 0.252 e. The van der Waals surface area contributed by atoms with Gasteiger partial charge in [0.25, 0.3) is 5.91 Å². The van der Waals surface area contributed by atoms with Crippen molar-refractivity contribution < 1.29 is 19.4 Å². The molecule has 0 saturated heterocycles. The van der Waals surface area contributed by atoms with E-state index in [9.17, 15) is 4.79 Å². The summed E-state index contributed by atoms with van der Waals surface area (Å²) in [6.07, 6.45) is 1.43. The Kier molecular flexibility index (Phi) is 9.22. The summed E-state index contributed by atoms with van der Waals surface area (Å²) in [5.74, 6) is 0.535. The Bertz CT molecular complexity index is 1390. The molecule has 0 radical (unpaired) electrons. The van der Waals surface area contributed by atoms with Gasteiger partial charge in [-0.2, -0.15) is 0 Å². The Morgan fingerprint density at radius 3 is 2.64 bits per heavy atom. The number of carbonyl (C=O) groups excluding carboxylic acids is 1. The number of hydrogen-bond acceptors (Lipinski definition) is 6. The number of aliphatic imine (C=N–C) groups is 1. The molecule has 1 aliphatic heterocycles. The highest BCUT2D eigenvalue weighted by atomic mass is 35.5. The van der Waals surface area contributed by atoms with E-state index in [1.807, 2.05) is 12.1 Å². The van der Waals surface area contributed by atoms with Crippen molar-refractivity contribution in [2.24, 2.45) is 10.1 Å². The van der Waals surface area contributed by atoms with Crippen molar-refractivity contribution in [3.63, 3.8) is 0 Å². The van der Waals surface area contributed by atoms with E-state index in [-0.39, 0.29) is 31.4 Å². The van der Waals surface area contributed by atoms with Crippen LogP contribution in [0.1, 0.15) is 35.6 Å². The number of carbonyl (C=O) groups is 1. The van der Waals surface area contributed by atoms with Gasteiger partial charge < -0.3 is 19.9 Å². The van der Waals surface area contributed by atoms with Crippen molar-refractivity contribution >= 4 is 29.1 Å². The molecule has 10 heteroatoms. The molecule has 2 atom stereocenters. The minimum Gasteiger partial charge on any atom is -0.494 e. The molecule has 0 aromatic heterocycles. The molecule has 2 N–H and O–H groups in total. The number of amides is 1. The van der Waals surface area contributed by atoms with Crippen LogP contribution in [0.3, 0.4) is 0 Å². The van der Waals surface area contributed by atoms with Crippen molar-refractivity contribution in [2.45, 2.75) is 31.0 Å². The van der Waals surface area contributed by atoms with Crippen LogP contribution in [0.15, 0.2) is 95.6 Å². The standard InChI is InChI=1S/C29H28ClN5O4/c1-2-16-29(28(37)32-19-20-8-12-22(30)13-9-20)26(24-6-3-4-7-25(24)34-35-31)39-27(33-29)21-10-14-23(15-11-21)38-18-5-17-36/h2-4,6-15,26,36H,1,5,16-19H2,(H,32,37)/t26-,29-/m1/s1. The number of hydrogen-bond donors (Lipinski definition) is 2. The minimum atomic E-state index is -1.42. The summed E-state index contributed by atoms with van der Waals surface area (Å²) in [6.45, 7) is 4.57. The molecule has 0 fully saturated rings. The van der Waals surface area contributed by atoms with Crippen LogP contribution in [0.2, 0.25) is 5.02 Å². The predicted molar refractivity (Wildman–Crippen MR) is 150 cm³/mol. The average Bonchev–Trinajstić information content (AvgIpc) is 3.34. The van der Waals surface area contributed by atoms with Gasteiger partial charge in [-0.05, 0) is 47.5 Å². The minimum absolute atomic E-state index is 0.0485. The molecule has 1 heterocycles. The lowest BCUT2D eigenvalue weighted by atomic mass is 9.83. The maximum Gasteiger partial charge on any atom is 0.252 e. The quantitative estimate of drug-likeness (QED) is 0.0923. The summed E-state index contributed by atoms with van der Waals surface area (Å²) in [5, 5.41) is 16.4. The van der Waals surface area contributed by atoms with E-state index in [1.54, 1.807) is 66.7 Å². The fourth-order valence-electron chi connectivity index (χ4n) is 4.30. The maximum atomic E-state index is 13.9. The fraction of sp³-hybridized carbons (Fsp3) is 0.241. The molecule has 0 unspecified atom stereocenters. The Labute approximate surface area is 231 Å². The molecule has 0 saturated carbocycles. The van der Waals surface area contributed by atoms with Gasteiger partial charge in [0.15, 0.2) is 11.6 Å². The second-order valence-corrected chi connectivity index (χ2v) is 9.28. The second kappa shape index (κ2) is 13.0. The number of ether oxygens (including phenoxy) is 2. The number of nitrogens with zero attached hydrogens (tertiary/aromatic N) is 4. The Balaban J connectivity index is 1.71. The third-order valence-electron chi connectivity index (χ3n) is 6.22. The maximum absolute atomic E-state index is 13.9. The lowest BCUT2D eigenvalue weighted by Crippen LogP contribution is -2.47. The third-order valence-corrected chi connectivity index (χ3v) is 6.48. The summed E-state index contributed by atoms with van der Waals surface area (Å²) < 4.78 is 12.0. The average molecular weight is 546 g/mol. The van der Waals surface area contributed by atoms with E-state index in [2.05, 4.69) is 21.9 Å². The second-order valence-electron chi connectivity index (χ2n) is 8.84. The normalized spacial score (nSPS) is 17.9. The van der Waals surface area contributed by atoms with Gasteiger partial charge in [-0.15, -0.1) is 6.58 Å². The number of aliphatic hydroxyl groups excluding tert-OH is 1. The number of azide groups is 1. The Hall–Kier alpha value is -4.30. The summed E-state index contributed by atoms with van der Waals surface area (Å²) in [7, 11) is 0. The zero-order valence-corrected chi connectivity index (χ0v) is 21.9. The highest BCUT2D eigenvalue weighted by Crippen LogP contribution is 2.45. The molecular weight excluding hydrogens is 518 g/mol. The van der Waals surface area contributed by atoms with Crippen molar-refractivity contribution in [3.05, 3.63) is 118 Å². The topological polar surface area (TPSA) is 129 Å². The first-order chi connectivity index (χ1) is 19.0. The van der Waals surface area contributed by atoms with Gasteiger partial charge >= 0.3 is 0 Å². The molecule has 1 aliphatic rings. The molecular formula is C29H28ClN5O4. The number of benzene rings is 3. The van der Waals surface area contributed by atoms with E-state index >= 15 is 0 Å². The van der Waals surface area contributed by atoms with Crippen LogP contribution >= 0.6 is 11.6 Å². The van der Waals surface area contributed by atoms with Gasteiger partial charge in [0.2, 0.25) is 5.90 Å². The van der Waals surface area contributed by atoms with Gasteiger partial charge in [-0.1, -0.05) is 59.2 Å². The van der Waals surface area contributed by atoms with Crippen LogP contribution in [0, 0.1) is 0 Å². The van der Waals surface area contributed by atoms with Gasteiger partial charge in [-0.25, -0.2) is 4.99 Å². The first-order valence-electron chi connectivity index (χ1n) is 12.4. The van der Waals surface area contributed by atoms with Crippen LogP contribution in [0.25, 0.3) is 10.4 Å². The summed E-state index contributed by atoms with van der Waals surface area (Å²) >= 11 is 6.00. The zero-order valence-electron chi connectivity index (χ0n) is 21.2. The first-order valence-corrected chi connectivity index (χ1v) is 12.8. The van der Waals surface area contributed by atoms with Crippen molar-refractivity contribution in [3.8, 4) is 5.75 Å². The monoisotopic (exact) mass is 545 g/mol. The highest BCUT2D eigenvalue weighted by Gasteiger charge is 2.52. The number of rotatable bonds is 12. The lowest BCUT2D eigenvalue weighted by Gasteiger charge is -2.30. The first kappa shape index (κ1) is 27.7. The molecule has 0 aliphatic carbocycles. The van der Waals surface area contributed by atoms with Crippen LogP contribution in [-0.4, -0.2) is 35.7 Å². The molecule has 0 spiro atoms. The van der Waals surface area contributed by atoms with Gasteiger partial charge in [-0.3, -0.25) is 4.79 Å². The third kappa shape index (κ3) is 6.41. The number of aliphatic hydroxyl groups is 1. The number of halogens is 1. The highest BCUT2D eigenvalue weighted by molar-refractivity contribution is 6.30. The molecule has 9 nitrogen and oxygen atoms in total. The molecule has 39 heavy (non-hydrogen) atoms. The Morgan fingerprint density at radius 1 is 1.21 bits per heavy atom. The molecule has 3 aromatic carbocycles. The predicted octanol–water partition coefficient (Wildman–Crippen LogP) is 6.19. The summed E-state index contributed by atoms with van der Waals surface area (Å²) in [5.41, 5.74) is 10.1. The largest absolute Gasteiger partial charge is 0.494 e. The van der Waals surface area contributed by atoms with E-state index in [1.165, 1.54) is 0 Å². The van der Waals surface area contributed by atoms with Crippen LogP contribution in [-0.2, 0) is 16.1 Å². The molecule has 0 bridgehead atoms. The molecule has 1 amide bonds. The van der Waals surface area contributed by atoms with Crippen molar-refractivity contribution in [1.82, 2.24) is 5.32 Å². The van der Waals surface area contributed by atoms with Crippen molar-refractivity contribution in [1.29, 1.82) is 0 Å². The van der Waals surface area contributed by atoms with Gasteiger partial charge in [0.1, 0.15) is 5.75 Å². The molecule has 200 valence electrons. The zero-order chi connectivity index (χ0) is 27.7. The van der Waals surface area contributed by atoms with E-state index in [4.69, 9.17) is 36.7 Å². The van der Waals surface area contributed by atoms with Gasteiger partial charge in [0.05, 0.1) is 6.61 Å². The van der Waals surface area contributed by atoms with E-state index < -0.39 is 11.6 Å². The fourth-order valence-corrected chi connectivity index (χ4v) is 4.42. The van der Waals surface area contributed by atoms with Crippen LogP contribution in [0.4, 0.5) is 5.69 Å². The van der Waals surface area contributed by atoms with Crippen molar-refractivity contribution in [2.75, 3.05) is 13.2 Å². The summed E-state index contributed by atoms with van der Waals surface area (Å²) in [4.78, 5) is 21.7. The van der Waals surface area contributed by atoms with Crippen LogP contribution in [0.5, 0.6) is 5.75 Å². The molecule has 3 aromatic rings. The molecule has 4 rings (SSSR count). The number of nitrogens with one attached hydrogen (secondary N) is 1. The van der Waals surface area contributed by atoms with Gasteiger partial charge in [0, 0.05) is 52.7 Å². The lowest BCUT2D eigenvalue weighted by molar-refractivity contribution is -0.129. The SMILES string of the molecule is C=CC[C@@]1(C(=O)NCc2ccc(Cl)cc2)N=C(c2ccc(OCCCO)cc2)O[C@@H]1c1ccccc1N=[N+]=[N-].